The van der Waals surface area contributed by atoms with Gasteiger partial charge in [-0.25, -0.2) is 0 Å². The minimum Gasteiger partial charge on any atom is -0.496 e. The molecule has 0 unspecified atom stereocenters. The van der Waals surface area contributed by atoms with E-state index in [1.165, 1.54) is 11.8 Å². The molecule has 1 heterocycles. The highest BCUT2D eigenvalue weighted by atomic mass is 35.5. The summed E-state index contributed by atoms with van der Waals surface area (Å²) in [5.41, 5.74) is 0. The molecule has 0 bridgehead atoms. The zero-order chi connectivity index (χ0) is 14.4. The Morgan fingerprint density at radius 2 is 2.00 bits per heavy atom. The average Bonchev–Trinajstić information content (AvgIpc) is 2.45. The molecule has 20 heavy (non-hydrogen) atoms. The molecule has 0 atom stereocenters. The van der Waals surface area contributed by atoms with E-state index in [0.29, 0.717) is 11.8 Å². The lowest BCUT2D eigenvalue weighted by atomic mass is 10.3. The fourth-order valence-corrected chi connectivity index (χ4v) is 2.47. The summed E-state index contributed by atoms with van der Waals surface area (Å²) in [7, 11) is 1.62. The number of aromatic nitrogens is 3. The Kier molecular flexibility index (Phi) is 5.43. The van der Waals surface area contributed by atoms with Crippen LogP contribution in [0.25, 0.3) is 0 Å². The number of rotatable bonds is 6. The van der Waals surface area contributed by atoms with Crippen LogP contribution in [-0.4, -0.2) is 28.7 Å². The summed E-state index contributed by atoms with van der Waals surface area (Å²) in [5.74, 6) is 0.755. The predicted molar refractivity (Wildman–Crippen MR) is 77.7 cm³/mol. The van der Waals surface area contributed by atoms with E-state index in [0.717, 1.165) is 17.1 Å². The van der Waals surface area contributed by atoms with Gasteiger partial charge in [0.05, 0.1) is 18.6 Å². The van der Waals surface area contributed by atoms with Crippen LogP contribution in [0.2, 0.25) is 5.28 Å². The second kappa shape index (κ2) is 7.31. The molecule has 1 aromatic carbocycles. The zero-order valence-corrected chi connectivity index (χ0v) is 12.7. The largest absolute Gasteiger partial charge is 0.496 e. The summed E-state index contributed by atoms with van der Waals surface area (Å²) < 4.78 is 10.7. The van der Waals surface area contributed by atoms with Crippen molar-refractivity contribution in [2.75, 3.05) is 13.7 Å². The van der Waals surface area contributed by atoms with E-state index >= 15 is 0 Å². The molecular weight excluding hydrogens is 298 g/mol. The Labute approximate surface area is 126 Å². The maximum atomic E-state index is 5.88. The molecule has 5 nitrogen and oxygen atoms in total. The molecule has 0 saturated heterocycles. The summed E-state index contributed by atoms with van der Waals surface area (Å²) in [4.78, 5) is 13.1. The van der Waals surface area contributed by atoms with Gasteiger partial charge in [0, 0.05) is 0 Å². The van der Waals surface area contributed by atoms with E-state index < -0.39 is 0 Å². The minimum atomic E-state index is 0.114. The van der Waals surface area contributed by atoms with Crippen LogP contribution in [0.4, 0.5) is 0 Å². The SMILES string of the molecule is CCCOc1nc(Cl)nc(Sc2ccccc2OC)n1. The van der Waals surface area contributed by atoms with Crippen LogP contribution in [0.15, 0.2) is 34.3 Å². The Morgan fingerprint density at radius 1 is 1.20 bits per heavy atom. The molecule has 0 aliphatic heterocycles. The van der Waals surface area contributed by atoms with Gasteiger partial charge in [0.25, 0.3) is 0 Å². The van der Waals surface area contributed by atoms with Crippen molar-refractivity contribution in [3.05, 3.63) is 29.5 Å². The molecule has 0 saturated carbocycles. The molecule has 7 heteroatoms. The topological polar surface area (TPSA) is 57.1 Å². The van der Waals surface area contributed by atoms with Crippen LogP contribution >= 0.6 is 23.4 Å². The third-order valence-corrected chi connectivity index (χ3v) is 3.36. The summed E-state index contributed by atoms with van der Waals surface area (Å²) >= 11 is 7.23. The molecule has 106 valence electrons. The van der Waals surface area contributed by atoms with Gasteiger partial charge < -0.3 is 9.47 Å². The Bertz CT molecular complexity index is 583. The quantitative estimate of drug-likeness (QED) is 0.814. The van der Waals surface area contributed by atoms with Crippen molar-refractivity contribution in [3.63, 3.8) is 0 Å². The highest BCUT2D eigenvalue weighted by Gasteiger charge is 2.10. The first-order valence-corrected chi connectivity index (χ1v) is 7.27. The molecule has 1 aromatic heterocycles. The van der Waals surface area contributed by atoms with Crippen molar-refractivity contribution in [1.82, 2.24) is 15.0 Å². The maximum absolute atomic E-state index is 5.88. The van der Waals surface area contributed by atoms with Gasteiger partial charge in [-0.15, -0.1) is 0 Å². The maximum Gasteiger partial charge on any atom is 0.321 e. The van der Waals surface area contributed by atoms with Gasteiger partial charge in [-0.05, 0) is 41.9 Å². The number of hydrogen-bond donors (Lipinski definition) is 0. The second-order valence-electron chi connectivity index (χ2n) is 3.77. The lowest BCUT2D eigenvalue weighted by molar-refractivity contribution is 0.288. The fraction of sp³-hybridized carbons (Fsp3) is 0.308. The normalized spacial score (nSPS) is 10.3. The number of halogens is 1. The number of ether oxygens (including phenoxy) is 2. The van der Waals surface area contributed by atoms with Crippen molar-refractivity contribution in [2.45, 2.75) is 23.4 Å². The first-order chi connectivity index (χ1) is 9.72. The van der Waals surface area contributed by atoms with Gasteiger partial charge in [0.1, 0.15) is 5.75 Å². The lowest BCUT2D eigenvalue weighted by Crippen LogP contribution is -2.02. The first kappa shape index (κ1) is 14.9. The van der Waals surface area contributed by atoms with Gasteiger partial charge in [-0.2, -0.15) is 15.0 Å². The van der Waals surface area contributed by atoms with E-state index in [1.54, 1.807) is 7.11 Å². The molecule has 0 spiro atoms. The van der Waals surface area contributed by atoms with E-state index in [-0.39, 0.29) is 11.3 Å². The number of methoxy groups -OCH3 is 1. The van der Waals surface area contributed by atoms with Gasteiger partial charge >= 0.3 is 6.01 Å². The molecule has 0 amide bonds. The summed E-state index contributed by atoms with van der Waals surface area (Å²) in [5, 5.41) is 0.587. The first-order valence-electron chi connectivity index (χ1n) is 6.08. The van der Waals surface area contributed by atoms with Gasteiger partial charge in [0.15, 0.2) is 5.16 Å². The lowest BCUT2D eigenvalue weighted by Gasteiger charge is -2.07. The van der Waals surface area contributed by atoms with Crippen LogP contribution in [0.5, 0.6) is 11.8 Å². The number of nitrogens with zero attached hydrogens (tertiary/aromatic N) is 3. The van der Waals surface area contributed by atoms with Crippen LogP contribution in [0, 0.1) is 0 Å². The Hall–Kier alpha value is -1.53. The van der Waals surface area contributed by atoms with Crippen molar-refractivity contribution >= 4 is 23.4 Å². The predicted octanol–water partition coefficient (Wildman–Crippen LogP) is 3.47. The third kappa shape index (κ3) is 3.98. The number of para-hydroxylation sites is 1. The van der Waals surface area contributed by atoms with Crippen molar-refractivity contribution in [3.8, 4) is 11.8 Å². The van der Waals surface area contributed by atoms with E-state index in [9.17, 15) is 0 Å². The van der Waals surface area contributed by atoms with E-state index in [2.05, 4.69) is 15.0 Å². The Balaban J connectivity index is 2.22. The summed E-state index contributed by atoms with van der Waals surface area (Å²) in [6.07, 6.45) is 0.873. The van der Waals surface area contributed by atoms with Crippen LogP contribution in [0.3, 0.4) is 0 Å². The van der Waals surface area contributed by atoms with E-state index in [1.807, 2.05) is 31.2 Å². The molecule has 0 aliphatic carbocycles. The van der Waals surface area contributed by atoms with Gasteiger partial charge in [-0.3, -0.25) is 0 Å². The summed E-state index contributed by atoms with van der Waals surface area (Å²) in [6.45, 7) is 2.55. The van der Waals surface area contributed by atoms with Crippen LogP contribution in [-0.2, 0) is 0 Å². The standard InChI is InChI=1S/C13H14ClN3O2S/c1-3-8-19-12-15-11(14)16-13(17-12)20-10-7-5-4-6-9(10)18-2/h4-7H,3,8H2,1-2H3. The molecule has 0 radical (unpaired) electrons. The summed E-state index contributed by atoms with van der Waals surface area (Å²) in [6, 6.07) is 7.86. The second-order valence-corrected chi connectivity index (χ2v) is 5.12. The zero-order valence-electron chi connectivity index (χ0n) is 11.2. The molecule has 2 rings (SSSR count). The molecule has 0 aliphatic rings. The highest BCUT2D eigenvalue weighted by molar-refractivity contribution is 7.99. The molecule has 0 N–H and O–H groups in total. The molecular formula is C13H14ClN3O2S. The smallest absolute Gasteiger partial charge is 0.321 e. The van der Waals surface area contributed by atoms with Crippen LogP contribution in [0.1, 0.15) is 13.3 Å². The fourth-order valence-electron chi connectivity index (χ4n) is 1.42. The van der Waals surface area contributed by atoms with E-state index in [4.69, 9.17) is 21.1 Å². The number of benzene rings is 1. The van der Waals surface area contributed by atoms with Crippen molar-refractivity contribution in [2.24, 2.45) is 0 Å². The Morgan fingerprint density at radius 3 is 2.75 bits per heavy atom. The van der Waals surface area contributed by atoms with Crippen molar-refractivity contribution < 1.29 is 9.47 Å². The number of hydrogen-bond acceptors (Lipinski definition) is 6. The third-order valence-electron chi connectivity index (χ3n) is 2.27. The van der Waals surface area contributed by atoms with Gasteiger partial charge in [-0.1, -0.05) is 19.1 Å². The average molecular weight is 312 g/mol. The molecule has 0 fully saturated rings. The minimum absolute atomic E-state index is 0.114. The monoisotopic (exact) mass is 311 g/mol. The van der Waals surface area contributed by atoms with Crippen LogP contribution < -0.4 is 9.47 Å². The van der Waals surface area contributed by atoms with Gasteiger partial charge in [0.2, 0.25) is 5.28 Å². The molecule has 2 aromatic rings. The highest BCUT2D eigenvalue weighted by Crippen LogP contribution is 2.33. The van der Waals surface area contributed by atoms with Crippen molar-refractivity contribution in [1.29, 1.82) is 0 Å².